The van der Waals surface area contributed by atoms with Crippen LogP contribution in [0.2, 0.25) is 0 Å². The van der Waals surface area contributed by atoms with Crippen molar-refractivity contribution in [3.63, 3.8) is 0 Å². The van der Waals surface area contributed by atoms with Crippen molar-refractivity contribution in [1.82, 2.24) is 9.47 Å². The standard InChI is InChI=1S/C19H20N4O4/c24-18(20-15-4-1-2-5-17(15)23(26)27)12-21-9-13-8-14(11-21)16-6-3-7-19(25)22(16)10-13/h1-7,13-14H,8-12H2,(H,20,24)/t13-,14+/m0/s1. The molecule has 0 aliphatic carbocycles. The number of carbonyl (C=O) groups is 1. The van der Waals surface area contributed by atoms with Crippen molar-refractivity contribution in [2.45, 2.75) is 18.9 Å². The number of nitro groups is 1. The first-order valence-electron chi connectivity index (χ1n) is 8.96. The molecule has 2 atom stereocenters. The summed E-state index contributed by atoms with van der Waals surface area (Å²) >= 11 is 0. The van der Waals surface area contributed by atoms with Gasteiger partial charge in [0.15, 0.2) is 0 Å². The van der Waals surface area contributed by atoms with Gasteiger partial charge in [0, 0.05) is 43.4 Å². The third-order valence-corrected chi connectivity index (χ3v) is 5.30. The molecule has 1 amide bonds. The number of benzene rings is 1. The highest BCUT2D eigenvalue weighted by molar-refractivity contribution is 5.94. The Hall–Kier alpha value is -3.00. The van der Waals surface area contributed by atoms with Gasteiger partial charge < -0.3 is 9.88 Å². The number of nitrogens with one attached hydrogen (secondary N) is 1. The molecule has 3 heterocycles. The molecule has 4 rings (SSSR count). The van der Waals surface area contributed by atoms with E-state index in [1.807, 2.05) is 10.6 Å². The number of piperidine rings is 1. The number of aromatic nitrogens is 1. The van der Waals surface area contributed by atoms with E-state index >= 15 is 0 Å². The monoisotopic (exact) mass is 368 g/mol. The number of rotatable bonds is 4. The van der Waals surface area contributed by atoms with Crippen molar-refractivity contribution >= 4 is 17.3 Å². The van der Waals surface area contributed by atoms with Crippen LogP contribution in [0.4, 0.5) is 11.4 Å². The zero-order valence-electron chi connectivity index (χ0n) is 14.7. The first kappa shape index (κ1) is 17.4. The summed E-state index contributed by atoms with van der Waals surface area (Å²) < 4.78 is 1.85. The SMILES string of the molecule is O=C(CN1C[C@@H]2C[C@H](C1)c1cccc(=O)n1C2)Nc1ccccc1[N+](=O)[O-]. The zero-order chi connectivity index (χ0) is 19.0. The van der Waals surface area contributed by atoms with Crippen LogP contribution < -0.4 is 10.9 Å². The molecule has 8 heteroatoms. The lowest BCUT2D eigenvalue weighted by Crippen LogP contribution is -2.49. The van der Waals surface area contributed by atoms with Crippen molar-refractivity contribution in [2.75, 3.05) is 25.0 Å². The molecule has 2 aliphatic heterocycles. The van der Waals surface area contributed by atoms with Crippen molar-refractivity contribution < 1.29 is 9.72 Å². The summed E-state index contributed by atoms with van der Waals surface area (Å²) in [7, 11) is 0. The number of nitrogens with zero attached hydrogens (tertiary/aromatic N) is 3. The maximum Gasteiger partial charge on any atom is 0.292 e. The summed E-state index contributed by atoms with van der Waals surface area (Å²) in [5, 5.41) is 13.7. The van der Waals surface area contributed by atoms with E-state index in [-0.39, 0.29) is 35.3 Å². The highest BCUT2D eigenvalue weighted by atomic mass is 16.6. The van der Waals surface area contributed by atoms with Crippen LogP contribution in [0.1, 0.15) is 18.0 Å². The van der Waals surface area contributed by atoms with E-state index in [1.165, 1.54) is 12.1 Å². The fraction of sp³-hybridized carbons (Fsp3) is 0.368. The lowest BCUT2D eigenvalue weighted by molar-refractivity contribution is -0.383. The number of fused-ring (bicyclic) bond motifs is 4. The number of hydrogen-bond acceptors (Lipinski definition) is 5. The molecule has 0 unspecified atom stereocenters. The maximum atomic E-state index is 12.4. The smallest absolute Gasteiger partial charge is 0.292 e. The molecule has 2 aromatic rings. The molecular weight excluding hydrogens is 348 g/mol. The highest BCUT2D eigenvalue weighted by Crippen LogP contribution is 2.34. The second kappa shape index (κ2) is 6.96. The molecule has 1 N–H and O–H groups in total. The van der Waals surface area contributed by atoms with Crippen LogP contribution in [0.15, 0.2) is 47.3 Å². The van der Waals surface area contributed by atoms with E-state index in [9.17, 15) is 19.7 Å². The molecule has 0 spiro atoms. The van der Waals surface area contributed by atoms with Gasteiger partial charge >= 0.3 is 0 Å². The van der Waals surface area contributed by atoms with Crippen LogP contribution >= 0.6 is 0 Å². The normalized spacial score (nSPS) is 21.3. The quantitative estimate of drug-likeness (QED) is 0.656. The molecule has 1 fully saturated rings. The molecule has 1 saturated heterocycles. The first-order valence-corrected chi connectivity index (χ1v) is 8.96. The Bertz CT molecular complexity index is 955. The maximum absolute atomic E-state index is 12.4. The molecule has 1 aromatic heterocycles. The van der Waals surface area contributed by atoms with Crippen LogP contribution in [0.5, 0.6) is 0 Å². The number of hydrogen-bond donors (Lipinski definition) is 1. The molecule has 140 valence electrons. The molecule has 27 heavy (non-hydrogen) atoms. The Morgan fingerprint density at radius 3 is 2.78 bits per heavy atom. The first-order chi connectivity index (χ1) is 13.0. The Labute approximate surface area is 155 Å². The zero-order valence-corrected chi connectivity index (χ0v) is 14.7. The molecule has 0 radical (unpaired) electrons. The average molecular weight is 368 g/mol. The third-order valence-electron chi connectivity index (χ3n) is 5.30. The minimum atomic E-state index is -0.504. The van der Waals surface area contributed by atoms with Crippen LogP contribution in [0.3, 0.4) is 0 Å². The summed E-state index contributed by atoms with van der Waals surface area (Å²) in [6, 6.07) is 11.5. The summed E-state index contributed by atoms with van der Waals surface area (Å²) in [5.74, 6) is 0.287. The van der Waals surface area contributed by atoms with Gasteiger partial charge in [-0.1, -0.05) is 18.2 Å². The number of para-hydroxylation sites is 2. The minimum Gasteiger partial charge on any atom is -0.319 e. The van der Waals surface area contributed by atoms with Gasteiger partial charge in [0.2, 0.25) is 5.91 Å². The summed E-state index contributed by atoms with van der Waals surface area (Å²) in [6.07, 6.45) is 1.02. The van der Waals surface area contributed by atoms with Gasteiger partial charge in [-0.15, -0.1) is 0 Å². The van der Waals surface area contributed by atoms with E-state index in [2.05, 4.69) is 10.2 Å². The van der Waals surface area contributed by atoms with E-state index < -0.39 is 4.92 Å². The largest absolute Gasteiger partial charge is 0.319 e. The van der Waals surface area contributed by atoms with Gasteiger partial charge in [-0.3, -0.25) is 24.6 Å². The topological polar surface area (TPSA) is 97.5 Å². The number of pyridine rings is 1. The molecule has 2 aliphatic rings. The van der Waals surface area contributed by atoms with Crippen molar-refractivity contribution in [1.29, 1.82) is 0 Å². The van der Waals surface area contributed by atoms with Gasteiger partial charge in [0.25, 0.3) is 11.2 Å². The van der Waals surface area contributed by atoms with Crippen LogP contribution in [0, 0.1) is 16.0 Å². The van der Waals surface area contributed by atoms with Crippen LogP contribution in [0.25, 0.3) is 0 Å². The minimum absolute atomic E-state index is 0.0322. The Balaban J connectivity index is 1.45. The number of carbonyl (C=O) groups excluding carboxylic acids is 1. The second-order valence-corrected chi connectivity index (χ2v) is 7.21. The summed E-state index contributed by atoms with van der Waals surface area (Å²) in [5.41, 5.74) is 1.16. The van der Waals surface area contributed by atoms with E-state index in [0.29, 0.717) is 19.0 Å². The fourth-order valence-electron chi connectivity index (χ4n) is 4.26. The predicted molar refractivity (Wildman–Crippen MR) is 99.7 cm³/mol. The van der Waals surface area contributed by atoms with Gasteiger partial charge in [-0.2, -0.15) is 0 Å². The van der Waals surface area contributed by atoms with Crippen LogP contribution in [-0.2, 0) is 11.3 Å². The average Bonchev–Trinajstić information content (AvgIpc) is 2.63. The molecule has 8 nitrogen and oxygen atoms in total. The van der Waals surface area contributed by atoms with E-state index in [4.69, 9.17) is 0 Å². The molecule has 1 aromatic carbocycles. The summed E-state index contributed by atoms with van der Waals surface area (Å²) in [6.45, 7) is 2.29. The predicted octanol–water partition coefficient (Wildman–Crippen LogP) is 1.81. The van der Waals surface area contributed by atoms with Gasteiger partial charge in [0.05, 0.1) is 11.5 Å². The number of likely N-dealkylation sites (tertiary alicyclic amines) is 1. The van der Waals surface area contributed by atoms with Crippen molar-refractivity contribution in [2.24, 2.45) is 5.92 Å². The molecular formula is C19H20N4O4. The lowest BCUT2D eigenvalue weighted by atomic mass is 9.83. The Morgan fingerprint density at radius 1 is 1.15 bits per heavy atom. The van der Waals surface area contributed by atoms with Gasteiger partial charge in [0.1, 0.15) is 5.69 Å². The Kier molecular flexibility index (Phi) is 4.49. The number of anilines is 1. The van der Waals surface area contributed by atoms with Gasteiger partial charge in [-0.25, -0.2) is 0 Å². The van der Waals surface area contributed by atoms with E-state index in [1.54, 1.807) is 24.3 Å². The second-order valence-electron chi connectivity index (χ2n) is 7.21. The van der Waals surface area contributed by atoms with Crippen molar-refractivity contribution in [3.05, 3.63) is 68.6 Å². The summed E-state index contributed by atoms with van der Waals surface area (Å²) in [4.78, 5) is 37.2. The van der Waals surface area contributed by atoms with Crippen LogP contribution in [-0.4, -0.2) is 39.9 Å². The lowest BCUT2D eigenvalue weighted by Gasteiger charge is -2.42. The molecule has 2 bridgehead atoms. The van der Waals surface area contributed by atoms with E-state index in [0.717, 1.165) is 18.7 Å². The highest BCUT2D eigenvalue weighted by Gasteiger charge is 2.35. The van der Waals surface area contributed by atoms with Gasteiger partial charge in [-0.05, 0) is 24.5 Å². The number of nitro benzene ring substituents is 1. The third kappa shape index (κ3) is 3.48. The Morgan fingerprint density at radius 2 is 1.96 bits per heavy atom. The fourth-order valence-corrected chi connectivity index (χ4v) is 4.26. The molecule has 0 saturated carbocycles. The van der Waals surface area contributed by atoms with Crippen molar-refractivity contribution in [3.8, 4) is 0 Å². The number of amides is 1.